The topological polar surface area (TPSA) is 101 Å². The van der Waals surface area contributed by atoms with E-state index in [0.717, 1.165) is 42.2 Å². The Kier molecular flexibility index (Phi) is 6.33. The summed E-state index contributed by atoms with van der Waals surface area (Å²) < 4.78 is 5.19. The van der Waals surface area contributed by atoms with E-state index in [1.54, 1.807) is 6.92 Å². The van der Waals surface area contributed by atoms with Crippen LogP contribution in [0.1, 0.15) is 56.9 Å². The zero-order valence-electron chi connectivity index (χ0n) is 15.2. The fourth-order valence-electron chi connectivity index (χ4n) is 3.07. The van der Waals surface area contributed by atoms with Crippen LogP contribution in [0.25, 0.3) is 0 Å². The molecule has 0 atom stereocenters. The molecule has 0 radical (unpaired) electrons. The predicted molar refractivity (Wildman–Crippen MR) is 107 cm³/mol. The van der Waals surface area contributed by atoms with Gasteiger partial charge in [0.15, 0.2) is 0 Å². The smallest absolute Gasteiger partial charge is 0.341 e. The van der Waals surface area contributed by atoms with Crippen LogP contribution in [0.4, 0.5) is 5.00 Å². The number of anilines is 1. The number of hydrogen-bond donors (Lipinski definition) is 2. The number of rotatable bonds is 6. The van der Waals surface area contributed by atoms with Crippen molar-refractivity contribution in [1.29, 1.82) is 0 Å². The number of hydrogen-bond acceptors (Lipinski definition) is 7. The van der Waals surface area contributed by atoms with Gasteiger partial charge in [-0.3, -0.25) is 9.59 Å². The van der Waals surface area contributed by atoms with Crippen LogP contribution in [0, 0.1) is 0 Å². The van der Waals surface area contributed by atoms with Crippen LogP contribution >= 0.6 is 23.1 Å². The van der Waals surface area contributed by atoms with Crippen LogP contribution < -0.4 is 10.9 Å². The fraction of sp³-hybridized carbons (Fsp3) is 0.444. The second-order valence-corrected chi connectivity index (χ2v) is 8.07. The van der Waals surface area contributed by atoms with E-state index in [1.165, 1.54) is 23.1 Å². The normalized spacial score (nSPS) is 13.1. The number of nitrogens with zero attached hydrogens (tertiary/aromatic N) is 1. The van der Waals surface area contributed by atoms with E-state index in [1.807, 2.05) is 6.26 Å². The van der Waals surface area contributed by atoms with Crippen LogP contribution in [0.2, 0.25) is 0 Å². The lowest BCUT2D eigenvalue weighted by molar-refractivity contribution is 0.0526. The first kappa shape index (κ1) is 19.6. The lowest BCUT2D eigenvalue weighted by Crippen LogP contribution is -2.21. The molecule has 0 spiro atoms. The molecule has 3 rings (SSSR count). The average Bonchev–Trinajstić information content (AvgIpc) is 2.99. The number of carbonyl (C=O) groups is 2. The number of aromatic amines is 1. The van der Waals surface area contributed by atoms with Gasteiger partial charge >= 0.3 is 5.97 Å². The molecule has 0 unspecified atom stereocenters. The van der Waals surface area contributed by atoms with E-state index in [2.05, 4.69) is 15.3 Å². The number of aryl methyl sites for hydroxylation is 1. The molecule has 2 aromatic heterocycles. The van der Waals surface area contributed by atoms with Crippen molar-refractivity contribution in [3.05, 3.63) is 43.9 Å². The number of esters is 1. The van der Waals surface area contributed by atoms with E-state index in [-0.39, 0.29) is 17.9 Å². The van der Waals surface area contributed by atoms with Crippen LogP contribution in [-0.2, 0) is 23.3 Å². The zero-order chi connectivity index (χ0) is 19.4. The van der Waals surface area contributed by atoms with Gasteiger partial charge in [-0.2, -0.15) is 11.8 Å². The van der Waals surface area contributed by atoms with E-state index in [9.17, 15) is 14.4 Å². The van der Waals surface area contributed by atoms with Crippen molar-refractivity contribution >= 4 is 40.0 Å². The number of fused-ring (bicyclic) bond motifs is 1. The summed E-state index contributed by atoms with van der Waals surface area (Å²) in [5.74, 6) is 0.00977. The maximum atomic E-state index is 12.7. The number of ether oxygens (including phenoxy) is 1. The van der Waals surface area contributed by atoms with Gasteiger partial charge in [-0.05, 0) is 44.4 Å². The summed E-state index contributed by atoms with van der Waals surface area (Å²) in [7, 11) is 0. The van der Waals surface area contributed by atoms with Crippen molar-refractivity contribution in [3.8, 4) is 0 Å². The second kappa shape index (κ2) is 8.71. The SMILES string of the molecule is CCOC(=O)c1c(NC(=O)c2cc(=O)[nH]c(CSC)n2)sc2c1CCCC2. The van der Waals surface area contributed by atoms with Crippen molar-refractivity contribution < 1.29 is 14.3 Å². The lowest BCUT2D eigenvalue weighted by atomic mass is 9.95. The Morgan fingerprint density at radius 2 is 2.15 bits per heavy atom. The minimum Gasteiger partial charge on any atom is -0.462 e. The molecular formula is C18H21N3O4S2. The molecule has 0 aliphatic heterocycles. The molecule has 1 aliphatic carbocycles. The number of thiophene rings is 1. The summed E-state index contributed by atoms with van der Waals surface area (Å²) in [6.07, 6.45) is 5.66. The quantitative estimate of drug-likeness (QED) is 0.714. The highest BCUT2D eigenvalue weighted by Crippen LogP contribution is 2.38. The maximum absolute atomic E-state index is 12.7. The molecule has 0 saturated carbocycles. The molecule has 9 heteroatoms. The number of H-pyrrole nitrogens is 1. The minimum absolute atomic E-state index is 0.0315. The van der Waals surface area contributed by atoms with Gasteiger partial charge in [0.2, 0.25) is 0 Å². The van der Waals surface area contributed by atoms with Crippen molar-refractivity contribution in [2.75, 3.05) is 18.2 Å². The van der Waals surface area contributed by atoms with Gasteiger partial charge in [-0.15, -0.1) is 11.3 Å². The summed E-state index contributed by atoms with van der Waals surface area (Å²) >= 11 is 2.90. The molecule has 0 aromatic carbocycles. The molecule has 1 aliphatic rings. The van der Waals surface area contributed by atoms with E-state index in [0.29, 0.717) is 22.1 Å². The van der Waals surface area contributed by atoms with Gasteiger partial charge in [0.25, 0.3) is 11.5 Å². The van der Waals surface area contributed by atoms with Gasteiger partial charge in [-0.25, -0.2) is 9.78 Å². The molecule has 1 amide bonds. The molecule has 2 N–H and O–H groups in total. The largest absolute Gasteiger partial charge is 0.462 e. The number of thioether (sulfide) groups is 1. The monoisotopic (exact) mass is 407 g/mol. The highest BCUT2D eigenvalue weighted by atomic mass is 32.2. The van der Waals surface area contributed by atoms with Gasteiger partial charge < -0.3 is 15.0 Å². The molecule has 0 bridgehead atoms. The lowest BCUT2D eigenvalue weighted by Gasteiger charge is -2.12. The Morgan fingerprint density at radius 1 is 1.37 bits per heavy atom. The molecule has 27 heavy (non-hydrogen) atoms. The van der Waals surface area contributed by atoms with Gasteiger partial charge in [0.05, 0.1) is 17.9 Å². The minimum atomic E-state index is -0.507. The van der Waals surface area contributed by atoms with Crippen molar-refractivity contribution in [2.24, 2.45) is 0 Å². The Bertz CT molecular complexity index is 920. The molecule has 7 nitrogen and oxygen atoms in total. The molecule has 0 saturated heterocycles. The van der Waals surface area contributed by atoms with Gasteiger partial charge in [0, 0.05) is 10.9 Å². The standard InChI is InChI=1S/C18H21N3O4S2/c1-3-25-18(24)15-10-6-4-5-7-12(10)27-17(15)21-16(23)11-8-14(22)20-13(19-11)9-26-2/h8H,3-7,9H2,1-2H3,(H,21,23)(H,19,20,22). The third kappa shape index (κ3) is 4.41. The van der Waals surface area contributed by atoms with Crippen molar-refractivity contribution in [2.45, 2.75) is 38.4 Å². The first-order valence-electron chi connectivity index (χ1n) is 8.75. The Morgan fingerprint density at radius 3 is 2.89 bits per heavy atom. The predicted octanol–water partition coefficient (Wildman–Crippen LogP) is 3.00. The fourth-order valence-corrected chi connectivity index (χ4v) is 4.75. The van der Waals surface area contributed by atoms with E-state index in [4.69, 9.17) is 4.74 Å². The third-order valence-corrected chi connectivity index (χ3v) is 5.95. The highest BCUT2D eigenvalue weighted by Gasteiger charge is 2.27. The molecule has 2 aromatic rings. The summed E-state index contributed by atoms with van der Waals surface area (Å²) in [5.41, 5.74) is 1.07. The number of aromatic nitrogens is 2. The van der Waals surface area contributed by atoms with Gasteiger partial charge in [0.1, 0.15) is 16.5 Å². The van der Waals surface area contributed by atoms with Gasteiger partial charge in [-0.1, -0.05) is 0 Å². The number of nitrogens with one attached hydrogen (secondary N) is 2. The maximum Gasteiger partial charge on any atom is 0.341 e. The first-order valence-corrected chi connectivity index (χ1v) is 11.0. The number of amides is 1. The summed E-state index contributed by atoms with van der Waals surface area (Å²) in [6, 6.07) is 1.16. The summed E-state index contributed by atoms with van der Waals surface area (Å²) in [5, 5.41) is 3.25. The van der Waals surface area contributed by atoms with Crippen LogP contribution in [0.5, 0.6) is 0 Å². The van der Waals surface area contributed by atoms with Crippen molar-refractivity contribution in [3.63, 3.8) is 0 Å². The third-order valence-electron chi connectivity index (χ3n) is 4.18. The highest BCUT2D eigenvalue weighted by molar-refractivity contribution is 7.97. The summed E-state index contributed by atoms with van der Waals surface area (Å²) in [4.78, 5) is 44.9. The molecular weight excluding hydrogens is 386 g/mol. The van der Waals surface area contributed by atoms with Crippen LogP contribution in [-0.4, -0.2) is 34.7 Å². The van der Waals surface area contributed by atoms with E-state index < -0.39 is 11.9 Å². The Labute approximate surface area is 164 Å². The van der Waals surface area contributed by atoms with Crippen LogP contribution in [0.15, 0.2) is 10.9 Å². The molecule has 2 heterocycles. The molecule has 0 fully saturated rings. The number of carbonyl (C=O) groups excluding carboxylic acids is 2. The summed E-state index contributed by atoms with van der Waals surface area (Å²) in [6.45, 7) is 2.02. The molecule has 144 valence electrons. The van der Waals surface area contributed by atoms with Crippen LogP contribution in [0.3, 0.4) is 0 Å². The second-order valence-electron chi connectivity index (χ2n) is 6.10. The average molecular weight is 408 g/mol. The van der Waals surface area contributed by atoms with Crippen molar-refractivity contribution in [1.82, 2.24) is 9.97 Å². The zero-order valence-corrected chi connectivity index (χ0v) is 16.8. The Hall–Kier alpha value is -2.13. The Balaban J connectivity index is 1.93. The van der Waals surface area contributed by atoms with E-state index >= 15 is 0 Å². The first-order chi connectivity index (χ1) is 13.0.